The SMILES string of the molecule is CCC(C)(C(N)Cc1cnccc1N)N(C)C. The van der Waals surface area contributed by atoms with Gasteiger partial charge in [0.15, 0.2) is 0 Å². The molecule has 1 aromatic heterocycles. The van der Waals surface area contributed by atoms with Gasteiger partial charge in [-0.25, -0.2) is 0 Å². The fourth-order valence-electron chi connectivity index (χ4n) is 1.98. The van der Waals surface area contributed by atoms with E-state index in [0.29, 0.717) is 0 Å². The summed E-state index contributed by atoms with van der Waals surface area (Å²) in [6, 6.07) is 1.86. The van der Waals surface area contributed by atoms with E-state index in [1.807, 2.05) is 6.07 Å². The number of likely N-dealkylation sites (N-methyl/N-ethyl adjacent to an activating group) is 1. The molecule has 1 heterocycles. The fraction of sp³-hybridized carbons (Fsp3) is 0.615. The van der Waals surface area contributed by atoms with E-state index in [4.69, 9.17) is 11.5 Å². The highest BCUT2D eigenvalue weighted by molar-refractivity contribution is 5.44. The first-order valence-electron chi connectivity index (χ1n) is 6.03. The molecule has 0 aromatic carbocycles. The Bertz CT molecular complexity index is 364. The maximum Gasteiger partial charge on any atom is 0.0378 e. The molecule has 0 spiro atoms. The predicted molar refractivity (Wildman–Crippen MR) is 72.7 cm³/mol. The molecule has 0 aliphatic heterocycles. The van der Waals surface area contributed by atoms with Gasteiger partial charge in [-0.3, -0.25) is 4.98 Å². The molecule has 4 nitrogen and oxygen atoms in total. The largest absolute Gasteiger partial charge is 0.398 e. The van der Waals surface area contributed by atoms with Crippen molar-refractivity contribution in [3.8, 4) is 0 Å². The van der Waals surface area contributed by atoms with Gasteiger partial charge in [0, 0.05) is 29.7 Å². The number of nitrogen functional groups attached to an aromatic ring is 1. The minimum Gasteiger partial charge on any atom is -0.398 e. The van der Waals surface area contributed by atoms with E-state index in [9.17, 15) is 0 Å². The third-order valence-electron chi connectivity index (χ3n) is 3.92. The first-order chi connectivity index (χ1) is 7.91. The summed E-state index contributed by atoms with van der Waals surface area (Å²) < 4.78 is 0. The molecule has 0 saturated heterocycles. The Morgan fingerprint density at radius 2 is 2.12 bits per heavy atom. The lowest BCUT2D eigenvalue weighted by Gasteiger charge is -2.41. The number of aromatic nitrogens is 1. The number of anilines is 1. The second kappa shape index (κ2) is 5.47. The average Bonchev–Trinajstić information content (AvgIpc) is 2.30. The van der Waals surface area contributed by atoms with Crippen molar-refractivity contribution in [3.05, 3.63) is 24.0 Å². The molecule has 96 valence electrons. The lowest BCUT2D eigenvalue weighted by Crippen LogP contribution is -2.55. The van der Waals surface area contributed by atoms with Gasteiger partial charge in [-0.1, -0.05) is 6.92 Å². The van der Waals surface area contributed by atoms with Crippen LogP contribution in [0.15, 0.2) is 18.5 Å². The highest BCUT2D eigenvalue weighted by atomic mass is 15.2. The van der Waals surface area contributed by atoms with E-state index in [1.165, 1.54) is 0 Å². The van der Waals surface area contributed by atoms with Crippen LogP contribution >= 0.6 is 0 Å². The van der Waals surface area contributed by atoms with Gasteiger partial charge < -0.3 is 16.4 Å². The van der Waals surface area contributed by atoms with Gasteiger partial charge in [0.1, 0.15) is 0 Å². The lowest BCUT2D eigenvalue weighted by atomic mass is 9.85. The van der Waals surface area contributed by atoms with E-state index in [-0.39, 0.29) is 11.6 Å². The Balaban J connectivity index is 2.85. The molecule has 0 bridgehead atoms. The fourth-order valence-corrected chi connectivity index (χ4v) is 1.98. The van der Waals surface area contributed by atoms with Crippen LogP contribution in [0.1, 0.15) is 25.8 Å². The molecule has 17 heavy (non-hydrogen) atoms. The van der Waals surface area contributed by atoms with Gasteiger partial charge in [-0.05, 0) is 45.5 Å². The molecule has 1 rings (SSSR count). The smallest absolute Gasteiger partial charge is 0.0378 e. The molecule has 0 aliphatic rings. The lowest BCUT2D eigenvalue weighted by molar-refractivity contribution is 0.131. The molecule has 2 unspecified atom stereocenters. The van der Waals surface area contributed by atoms with E-state index in [0.717, 1.165) is 24.1 Å². The second-order valence-electron chi connectivity index (χ2n) is 4.99. The third kappa shape index (κ3) is 2.96. The molecular formula is C13H24N4. The molecule has 2 atom stereocenters. The third-order valence-corrected chi connectivity index (χ3v) is 3.92. The molecule has 0 fully saturated rings. The highest BCUT2D eigenvalue weighted by Crippen LogP contribution is 2.23. The van der Waals surface area contributed by atoms with Crippen molar-refractivity contribution in [2.24, 2.45) is 5.73 Å². The summed E-state index contributed by atoms with van der Waals surface area (Å²) in [7, 11) is 4.13. The predicted octanol–water partition coefficient (Wildman–Crippen LogP) is 1.26. The Morgan fingerprint density at radius 3 is 2.59 bits per heavy atom. The van der Waals surface area contributed by atoms with Crippen molar-refractivity contribution in [2.45, 2.75) is 38.3 Å². The minimum atomic E-state index is -0.0255. The van der Waals surface area contributed by atoms with Gasteiger partial charge in [0.05, 0.1) is 0 Å². The summed E-state index contributed by atoms with van der Waals surface area (Å²) in [4.78, 5) is 6.29. The molecular weight excluding hydrogens is 212 g/mol. The van der Waals surface area contributed by atoms with Crippen LogP contribution in [0.2, 0.25) is 0 Å². The zero-order chi connectivity index (χ0) is 13.1. The Morgan fingerprint density at radius 1 is 1.47 bits per heavy atom. The molecule has 0 radical (unpaired) electrons. The molecule has 0 amide bonds. The number of hydrogen-bond donors (Lipinski definition) is 2. The quantitative estimate of drug-likeness (QED) is 0.807. The molecule has 4 heteroatoms. The van der Waals surface area contributed by atoms with Gasteiger partial charge in [-0.15, -0.1) is 0 Å². The highest BCUT2D eigenvalue weighted by Gasteiger charge is 2.32. The molecule has 4 N–H and O–H groups in total. The van der Waals surface area contributed by atoms with Crippen molar-refractivity contribution in [2.75, 3.05) is 19.8 Å². The van der Waals surface area contributed by atoms with Crippen molar-refractivity contribution in [1.29, 1.82) is 0 Å². The van der Waals surface area contributed by atoms with Crippen molar-refractivity contribution in [3.63, 3.8) is 0 Å². The van der Waals surface area contributed by atoms with Crippen LogP contribution in [-0.4, -0.2) is 35.6 Å². The summed E-state index contributed by atoms with van der Waals surface area (Å²) >= 11 is 0. The normalized spacial score (nSPS) is 16.8. The first-order valence-corrected chi connectivity index (χ1v) is 6.03. The van der Waals surface area contributed by atoms with Crippen molar-refractivity contribution < 1.29 is 0 Å². The minimum absolute atomic E-state index is 0.0255. The van der Waals surface area contributed by atoms with Gasteiger partial charge in [0.25, 0.3) is 0 Å². The van der Waals surface area contributed by atoms with Crippen LogP contribution in [0.5, 0.6) is 0 Å². The van der Waals surface area contributed by atoms with Gasteiger partial charge in [0.2, 0.25) is 0 Å². The van der Waals surface area contributed by atoms with E-state index < -0.39 is 0 Å². The maximum atomic E-state index is 6.34. The Kier molecular flexibility index (Phi) is 4.48. The summed E-state index contributed by atoms with van der Waals surface area (Å²) in [5.74, 6) is 0. The van der Waals surface area contributed by atoms with Gasteiger partial charge >= 0.3 is 0 Å². The average molecular weight is 236 g/mol. The van der Waals surface area contributed by atoms with Crippen molar-refractivity contribution in [1.82, 2.24) is 9.88 Å². The van der Waals surface area contributed by atoms with Crippen LogP contribution in [-0.2, 0) is 6.42 Å². The number of rotatable bonds is 5. The first kappa shape index (κ1) is 13.9. The Hall–Kier alpha value is -1.13. The van der Waals surface area contributed by atoms with Crippen molar-refractivity contribution >= 4 is 5.69 Å². The molecule has 1 aromatic rings. The van der Waals surface area contributed by atoms with Crippen LogP contribution in [0.25, 0.3) is 0 Å². The number of hydrogen-bond acceptors (Lipinski definition) is 4. The summed E-state index contributed by atoms with van der Waals surface area (Å²) in [5, 5.41) is 0. The molecule has 0 aliphatic carbocycles. The topological polar surface area (TPSA) is 68.2 Å². The monoisotopic (exact) mass is 236 g/mol. The van der Waals surface area contributed by atoms with Crippen LogP contribution in [0, 0.1) is 0 Å². The zero-order valence-corrected chi connectivity index (χ0v) is 11.3. The van der Waals surface area contributed by atoms with E-state index in [1.54, 1.807) is 12.4 Å². The second-order valence-corrected chi connectivity index (χ2v) is 4.99. The number of pyridine rings is 1. The summed E-state index contributed by atoms with van der Waals surface area (Å²) in [6.45, 7) is 4.34. The van der Waals surface area contributed by atoms with Crippen LogP contribution in [0.3, 0.4) is 0 Å². The van der Waals surface area contributed by atoms with Crippen LogP contribution in [0.4, 0.5) is 5.69 Å². The maximum absolute atomic E-state index is 6.34. The molecule has 0 saturated carbocycles. The Labute approximate surface area is 104 Å². The number of nitrogens with two attached hydrogens (primary N) is 2. The van der Waals surface area contributed by atoms with E-state index in [2.05, 4.69) is 37.8 Å². The van der Waals surface area contributed by atoms with Gasteiger partial charge in [-0.2, -0.15) is 0 Å². The number of nitrogens with zero attached hydrogens (tertiary/aromatic N) is 2. The summed E-state index contributed by atoms with van der Waals surface area (Å²) in [6.07, 6.45) is 5.26. The zero-order valence-electron chi connectivity index (χ0n) is 11.3. The summed E-state index contributed by atoms with van der Waals surface area (Å²) in [5.41, 5.74) is 14.0. The van der Waals surface area contributed by atoms with E-state index >= 15 is 0 Å². The standard InChI is InChI=1S/C13H24N4/c1-5-13(2,17(3)4)12(15)8-10-9-16-7-6-11(10)14/h6-7,9,12H,5,8,15H2,1-4H3,(H2,14,16). The van der Waals surface area contributed by atoms with Crippen LogP contribution < -0.4 is 11.5 Å².